The molecule has 25 heavy (non-hydrogen) atoms. The van der Waals surface area contributed by atoms with Crippen LogP contribution in [0.1, 0.15) is 44.5 Å². The van der Waals surface area contributed by atoms with Crippen molar-refractivity contribution in [2.75, 3.05) is 12.9 Å². The molecule has 1 aromatic carbocycles. The monoisotopic (exact) mass is 364 g/mol. The first-order chi connectivity index (χ1) is 11.8. The van der Waals surface area contributed by atoms with Crippen molar-refractivity contribution in [3.8, 4) is 5.75 Å². The molecular weight excluding hydrogens is 336 g/mol. The third-order valence-corrected chi connectivity index (χ3v) is 5.38. The molecule has 1 aliphatic heterocycles. The number of nitrogens with zero attached hydrogens (tertiary/aromatic N) is 1. The lowest BCUT2D eigenvalue weighted by atomic mass is 10.1. The van der Waals surface area contributed by atoms with Crippen LogP contribution in [0.4, 0.5) is 0 Å². The summed E-state index contributed by atoms with van der Waals surface area (Å²) in [4.78, 5) is 27.5. The summed E-state index contributed by atoms with van der Waals surface area (Å²) in [5.74, 6) is 1.63. The highest BCUT2D eigenvalue weighted by atomic mass is 32.2. The van der Waals surface area contributed by atoms with Gasteiger partial charge in [0.1, 0.15) is 11.8 Å². The van der Waals surface area contributed by atoms with Crippen molar-refractivity contribution in [1.29, 1.82) is 0 Å². The molecule has 2 rings (SSSR count). The maximum absolute atomic E-state index is 13.1. The maximum atomic E-state index is 13.1. The zero-order valence-corrected chi connectivity index (χ0v) is 16.4. The lowest BCUT2D eigenvalue weighted by Gasteiger charge is -2.30. The van der Waals surface area contributed by atoms with Gasteiger partial charge in [0, 0.05) is 17.4 Å². The van der Waals surface area contributed by atoms with Crippen molar-refractivity contribution in [3.05, 3.63) is 29.8 Å². The Balaban J connectivity index is 2.26. The van der Waals surface area contributed by atoms with E-state index in [2.05, 4.69) is 19.2 Å². The topological polar surface area (TPSA) is 58.6 Å². The molecule has 0 saturated carbocycles. The second-order valence-electron chi connectivity index (χ2n) is 7.04. The van der Waals surface area contributed by atoms with E-state index in [0.717, 1.165) is 6.42 Å². The Bertz CT molecular complexity index is 601. The lowest BCUT2D eigenvalue weighted by molar-refractivity contribution is -0.125. The minimum absolute atomic E-state index is 0.0255. The highest BCUT2D eigenvalue weighted by Crippen LogP contribution is 2.35. The summed E-state index contributed by atoms with van der Waals surface area (Å²) in [7, 11) is 1.60. The highest BCUT2D eigenvalue weighted by Gasteiger charge is 2.41. The fourth-order valence-electron chi connectivity index (χ4n) is 2.89. The standard InChI is InChI=1S/C19H28N2O3S/c1-12(2)10-17-21(16(11-25-17)18(22)20-13(3)4)19(23)14-6-8-15(24-5)9-7-14/h6-9,12-13,16-17H,10-11H2,1-5H3,(H,20,22). The van der Waals surface area contributed by atoms with Crippen molar-refractivity contribution in [2.24, 2.45) is 5.92 Å². The number of carbonyl (C=O) groups is 2. The number of benzene rings is 1. The number of thioether (sulfide) groups is 1. The van der Waals surface area contributed by atoms with E-state index in [4.69, 9.17) is 4.74 Å². The molecule has 1 saturated heterocycles. The van der Waals surface area contributed by atoms with E-state index >= 15 is 0 Å². The number of methoxy groups -OCH3 is 1. The molecule has 1 aromatic rings. The summed E-state index contributed by atoms with van der Waals surface area (Å²) >= 11 is 1.69. The molecule has 5 nitrogen and oxygen atoms in total. The zero-order valence-electron chi connectivity index (χ0n) is 15.6. The second-order valence-corrected chi connectivity index (χ2v) is 8.25. The fourth-order valence-corrected chi connectivity index (χ4v) is 4.53. The second kappa shape index (κ2) is 8.61. The van der Waals surface area contributed by atoms with E-state index in [9.17, 15) is 9.59 Å². The van der Waals surface area contributed by atoms with E-state index in [1.54, 1.807) is 48.0 Å². The Labute approximate surface area is 154 Å². The Morgan fingerprint density at radius 2 is 1.88 bits per heavy atom. The van der Waals surface area contributed by atoms with Crippen LogP contribution >= 0.6 is 11.8 Å². The van der Waals surface area contributed by atoms with Gasteiger partial charge < -0.3 is 15.0 Å². The molecule has 1 N–H and O–H groups in total. The summed E-state index contributed by atoms with van der Waals surface area (Å²) in [5, 5.41) is 2.97. The van der Waals surface area contributed by atoms with E-state index in [1.165, 1.54) is 0 Å². The quantitative estimate of drug-likeness (QED) is 0.842. The van der Waals surface area contributed by atoms with Gasteiger partial charge in [-0.25, -0.2) is 0 Å². The number of amides is 2. The molecular formula is C19H28N2O3S. The Morgan fingerprint density at radius 1 is 1.24 bits per heavy atom. The molecule has 2 unspecified atom stereocenters. The van der Waals surface area contributed by atoms with Gasteiger partial charge >= 0.3 is 0 Å². The normalized spacial score (nSPS) is 20.2. The zero-order chi connectivity index (χ0) is 18.6. The number of carbonyl (C=O) groups excluding carboxylic acids is 2. The number of ether oxygens (including phenoxy) is 1. The van der Waals surface area contributed by atoms with Crippen LogP contribution < -0.4 is 10.1 Å². The molecule has 2 atom stereocenters. The summed E-state index contributed by atoms with van der Waals surface area (Å²) in [6, 6.07) is 6.70. The number of hydrogen-bond acceptors (Lipinski definition) is 4. The van der Waals surface area contributed by atoms with Gasteiger partial charge in [-0.05, 0) is 50.5 Å². The average molecular weight is 365 g/mol. The van der Waals surface area contributed by atoms with Crippen LogP contribution in [-0.4, -0.2) is 47.0 Å². The molecule has 0 bridgehead atoms. The van der Waals surface area contributed by atoms with Crippen LogP contribution in [0.25, 0.3) is 0 Å². The largest absolute Gasteiger partial charge is 0.497 e. The van der Waals surface area contributed by atoms with Gasteiger partial charge in [0.2, 0.25) is 5.91 Å². The van der Waals surface area contributed by atoms with Crippen molar-refractivity contribution in [3.63, 3.8) is 0 Å². The molecule has 1 fully saturated rings. The van der Waals surface area contributed by atoms with Gasteiger partial charge in [0.15, 0.2) is 0 Å². The highest BCUT2D eigenvalue weighted by molar-refractivity contribution is 8.00. The van der Waals surface area contributed by atoms with E-state index in [1.807, 2.05) is 13.8 Å². The fraction of sp³-hybridized carbons (Fsp3) is 0.579. The van der Waals surface area contributed by atoms with Crippen molar-refractivity contribution < 1.29 is 14.3 Å². The van der Waals surface area contributed by atoms with Crippen LogP contribution in [0.15, 0.2) is 24.3 Å². The first kappa shape index (κ1) is 19.6. The molecule has 0 spiro atoms. The van der Waals surface area contributed by atoms with E-state index < -0.39 is 6.04 Å². The summed E-state index contributed by atoms with van der Waals surface area (Å²) in [5.41, 5.74) is 0.583. The van der Waals surface area contributed by atoms with Gasteiger partial charge in [-0.3, -0.25) is 9.59 Å². The molecule has 0 aliphatic carbocycles. The van der Waals surface area contributed by atoms with Gasteiger partial charge in [-0.2, -0.15) is 0 Å². The number of rotatable bonds is 6. The molecule has 2 amide bonds. The summed E-state index contributed by atoms with van der Waals surface area (Å²) < 4.78 is 5.16. The predicted molar refractivity (Wildman–Crippen MR) is 102 cm³/mol. The summed E-state index contributed by atoms with van der Waals surface area (Å²) in [6.07, 6.45) is 0.873. The number of hydrogen-bond donors (Lipinski definition) is 1. The van der Waals surface area contributed by atoms with Gasteiger partial charge in [0.25, 0.3) is 5.91 Å². The van der Waals surface area contributed by atoms with Crippen molar-refractivity contribution in [1.82, 2.24) is 10.2 Å². The lowest BCUT2D eigenvalue weighted by Crippen LogP contribution is -2.51. The van der Waals surface area contributed by atoms with Crippen LogP contribution in [-0.2, 0) is 4.79 Å². The number of nitrogens with one attached hydrogen (secondary N) is 1. The smallest absolute Gasteiger partial charge is 0.255 e. The maximum Gasteiger partial charge on any atom is 0.255 e. The third kappa shape index (κ3) is 4.91. The van der Waals surface area contributed by atoms with Gasteiger partial charge in [0.05, 0.1) is 12.5 Å². The minimum Gasteiger partial charge on any atom is -0.497 e. The minimum atomic E-state index is -0.425. The molecule has 0 aromatic heterocycles. The van der Waals surface area contributed by atoms with E-state index in [0.29, 0.717) is 23.0 Å². The average Bonchev–Trinajstić information content (AvgIpc) is 2.96. The molecule has 6 heteroatoms. The SMILES string of the molecule is COc1ccc(C(=O)N2C(CC(C)C)SCC2C(=O)NC(C)C)cc1. The molecule has 1 heterocycles. The first-order valence-electron chi connectivity index (χ1n) is 8.72. The van der Waals surface area contributed by atoms with Crippen LogP contribution in [0.5, 0.6) is 5.75 Å². The Kier molecular flexibility index (Phi) is 6.76. The van der Waals surface area contributed by atoms with Gasteiger partial charge in [-0.15, -0.1) is 11.8 Å². The van der Waals surface area contributed by atoms with Crippen LogP contribution in [0.2, 0.25) is 0 Å². The Hall–Kier alpha value is -1.69. The first-order valence-corrected chi connectivity index (χ1v) is 9.77. The van der Waals surface area contributed by atoms with Crippen molar-refractivity contribution >= 4 is 23.6 Å². The third-order valence-electron chi connectivity index (χ3n) is 4.07. The Morgan fingerprint density at radius 3 is 2.40 bits per heavy atom. The van der Waals surface area contributed by atoms with Gasteiger partial charge in [-0.1, -0.05) is 13.8 Å². The van der Waals surface area contributed by atoms with Crippen LogP contribution in [0.3, 0.4) is 0 Å². The van der Waals surface area contributed by atoms with Crippen molar-refractivity contribution in [2.45, 2.75) is 51.6 Å². The molecule has 1 aliphatic rings. The van der Waals surface area contributed by atoms with E-state index in [-0.39, 0.29) is 23.2 Å². The predicted octanol–water partition coefficient (Wildman–Crippen LogP) is 3.15. The molecule has 138 valence electrons. The molecule has 0 radical (unpaired) electrons. The summed E-state index contributed by atoms with van der Waals surface area (Å²) in [6.45, 7) is 8.14. The van der Waals surface area contributed by atoms with Crippen LogP contribution in [0, 0.1) is 5.92 Å².